The van der Waals surface area contributed by atoms with Crippen LogP contribution in [0.3, 0.4) is 0 Å². The first-order valence-corrected chi connectivity index (χ1v) is 7.38. The normalized spacial score (nSPS) is 10.6. The molecule has 0 fully saturated rings. The van der Waals surface area contributed by atoms with Crippen LogP contribution >= 0.6 is 11.8 Å². The van der Waals surface area contributed by atoms with Crippen LogP contribution in [0.2, 0.25) is 0 Å². The molecular formula is C14H12N4O3S. The van der Waals surface area contributed by atoms with E-state index in [2.05, 4.69) is 20.1 Å². The fourth-order valence-electron chi connectivity index (χ4n) is 1.73. The van der Waals surface area contributed by atoms with E-state index in [9.17, 15) is 4.79 Å². The van der Waals surface area contributed by atoms with Crippen molar-refractivity contribution in [1.29, 1.82) is 0 Å². The molecule has 2 aromatic heterocycles. The number of aromatic amines is 1. The lowest BCUT2D eigenvalue weighted by Gasteiger charge is -1.99. The second kappa shape index (κ2) is 6.44. The monoisotopic (exact) mass is 316 g/mol. The van der Waals surface area contributed by atoms with Crippen LogP contribution in [-0.2, 0) is 5.75 Å². The Labute approximate surface area is 129 Å². The van der Waals surface area contributed by atoms with Gasteiger partial charge in [0.1, 0.15) is 5.75 Å². The molecule has 112 valence electrons. The van der Waals surface area contributed by atoms with Crippen LogP contribution in [0.5, 0.6) is 5.75 Å². The van der Waals surface area contributed by atoms with Gasteiger partial charge in [-0.25, -0.2) is 4.98 Å². The Morgan fingerprint density at radius 1 is 1.27 bits per heavy atom. The number of nitrogens with zero attached hydrogens (tertiary/aromatic N) is 3. The minimum absolute atomic E-state index is 0.193. The highest BCUT2D eigenvalue weighted by atomic mass is 32.2. The molecular weight excluding hydrogens is 304 g/mol. The van der Waals surface area contributed by atoms with Crippen molar-refractivity contribution in [3.63, 3.8) is 0 Å². The van der Waals surface area contributed by atoms with Crippen LogP contribution in [0.4, 0.5) is 0 Å². The molecule has 22 heavy (non-hydrogen) atoms. The van der Waals surface area contributed by atoms with E-state index in [1.807, 2.05) is 24.3 Å². The van der Waals surface area contributed by atoms with E-state index in [0.29, 0.717) is 22.6 Å². The van der Waals surface area contributed by atoms with Gasteiger partial charge in [-0.15, -0.1) is 0 Å². The van der Waals surface area contributed by atoms with Crippen LogP contribution < -0.4 is 10.3 Å². The third-order valence-electron chi connectivity index (χ3n) is 2.80. The third-order valence-corrected chi connectivity index (χ3v) is 3.67. The van der Waals surface area contributed by atoms with Crippen molar-refractivity contribution in [3.8, 4) is 17.1 Å². The van der Waals surface area contributed by atoms with Gasteiger partial charge in [-0.3, -0.25) is 4.79 Å². The highest BCUT2D eigenvalue weighted by molar-refractivity contribution is 7.98. The molecule has 8 heteroatoms. The topological polar surface area (TPSA) is 93.9 Å². The quantitative estimate of drug-likeness (QED) is 0.569. The average molecular weight is 316 g/mol. The lowest BCUT2D eigenvalue weighted by atomic mass is 10.2. The fraction of sp³-hybridized carbons (Fsp3) is 0.143. The molecule has 0 unspecified atom stereocenters. The van der Waals surface area contributed by atoms with Crippen molar-refractivity contribution in [2.45, 2.75) is 10.9 Å². The van der Waals surface area contributed by atoms with Crippen molar-refractivity contribution in [2.24, 2.45) is 0 Å². The van der Waals surface area contributed by atoms with Gasteiger partial charge in [0.05, 0.1) is 12.9 Å². The van der Waals surface area contributed by atoms with E-state index in [1.54, 1.807) is 7.11 Å². The summed E-state index contributed by atoms with van der Waals surface area (Å²) in [7, 11) is 1.61. The molecule has 0 bridgehead atoms. The predicted molar refractivity (Wildman–Crippen MR) is 80.7 cm³/mol. The van der Waals surface area contributed by atoms with E-state index >= 15 is 0 Å². The molecule has 2 heterocycles. The maximum Gasteiger partial charge on any atom is 0.251 e. The number of hydrogen-bond donors (Lipinski definition) is 1. The van der Waals surface area contributed by atoms with Gasteiger partial charge in [0.25, 0.3) is 5.56 Å². The summed E-state index contributed by atoms with van der Waals surface area (Å²) in [6, 6.07) is 8.74. The average Bonchev–Trinajstić information content (AvgIpc) is 3.02. The molecule has 1 aromatic carbocycles. The van der Waals surface area contributed by atoms with Crippen LogP contribution in [0, 0.1) is 0 Å². The van der Waals surface area contributed by atoms with Gasteiger partial charge < -0.3 is 14.2 Å². The molecule has 3 aromatic rings. The van der Waals surface area contributed by atoms with Crippen molar-refractivity contribution < 1.29 is 9.26 Å². The van der Waals surface area contributed by atoms with Crippen molar-refractivity contribution in [3.05, 3.63) is 52.8 Å². The Bertz CT molecular complexity index is 813. The highest BCUT2D eigenvalue weighted by Crippen LogP contribution is 2.22. The number of H-pyrrole nitrogens is 1. The number of benzene rings is 1. The summed E-state index contributed by atoms with van der Waals surface area (Å²) in [5, 5.41) is 4.45. The van der Waals surface area contributed by atoms with Crippen molar-refractivity contribution >= 4 is 11.8 Å². The summed E-state index contributed by atoms with van der Waals surface area (Å²) in [5.41, 5.74) is 0.647. The lowest BCUT2D eigenvalue weighted by Crippen LogP contribution is -2.05. The Balaban J connectivity index is 1.69. The Kier molecular flexibility index (Phi) is 4.19. The van der Waals surface area contributed by atoms with Crippen molar-refractivity contribution in [1.82, 2.24) is 20.1 Å². The van der Waals surface area contributed by atoms with E-state index in [0.717, 1.165) is 11.3 Å². The zero-order chi connectivity index (χ0) is 15.4. The fourth-order valence-corrected chi connectivity index (χ4v) is 2.41. The van der Waals surface area contributed by atoms with Gasteiger partial charge in [-0.1, -0.05) is 16.9 Å². The number of thioether (sulfide) groups is 1. The summed E-state index contributed by atoms with van der Waals surface area (Å²) in [5.74, 6) is 2.16. The van der Waals surface area contributed by atoms with E-state index in [4.69, 9.17) is 9.26 Å². The zero-order valence-electron chi connectivity index (χ0n) is 11.6. The van der Waals surface area contributed by atoms with E-state index < -0.39 is 0 Å². The maximum absolute atomic E-state index is 11.2. The molecule has 0 aliphatic heterocycles. The SMILES string of the molecule is COc1ccc(-c2noc(CSc3nccc(=O)[nH]3)n2)cc1. The molecule has 0 aliphatic carbocycles. The van der Waals surface area contributed by atoms with Crippen LogP contribution in [0.15, 0.2) is 51.0 Å². The van der Waals surface area contributed by atoms with Gasteiger partial charge in [-0.05, 0) is 24.3 Å². The first-order valence-electron chi connectivity index (χ1n) is 6.40. The first-order chi connectivity index (χ1) is 10.7. The Morgan fingerprint density at radius 3 is 2.82 bits per heavy atom. The van der Waals surface area contributed by atoms with Gasteiger partial charge in [0.2, 0.25) is 11.7 Å². The second-order valence-corrected chi connectivity index (χ2v) is 5.23. The largest absolute Gasteiger partial charge is 0.497 e. The minimum Gasteiger partial charge on any atom is -0.497 e. The Hall–Kier alpha value is -2.61. The standard InChI is InChI=1S/C14H12N4O3S/c1-20-10-4-2-9(3-5-10)13-17-12(21-18-13)8-22-14-15-7-6-11(19)16-14/h2-7H,8H2,1H3,(H,15,16,19). The second-order valence-electron chi connectivity index (χ2n) is 4.27. The summed E-state index contributed by atoms with van der Waals surface area (Å²) in [6.07, 6.45) is 1.46. The predicted octanol–water partition coefficient (Wildman–Crippen LogP) is 2.12. The highest BCUT2D eigenvalue weighted by Gasteiger charge is 2.09. The summed E-state index contributed by atoms with van der Waals surface area (Å²) in [4.78, 5) is 22.2. The summed E-state index contributed by atoms with van der Waals surface area (Å²) >= 11 is 1.32. The van der Waals surface area contributed by atoms with Gasteiger partial charge in [-0.2, -0.15) is 4.98 Å². The molecule has 0 aliphatic rings. The van der Waals surface area contributed by atoms with Gasteiger partial charge in [0.15, 0.2) is 5.16 Å². The number of aromatic nitrogens is 4. The maximum atomic E-state index is 11.2. The lowest BCUT2D eigenvalue weighted by molar-refractivity contribution is 0.391. The molecule has 0 atom stereocenters. The zero-order valence-corrected chi connectivity index (χ0v) is 12.5. The summed E-state index contributed by atoms with van der Waals surface area (Å²) < 4.78 is 10.3. The van der Waals surface area contributed by atoms with E-state index in [-0.39, 0.29) is 5.56 Å². The number of rotatable bonds is 5. The smallest absolute Gasteiger partial charge is 0.251 e. The van der Waals surface area contributed by atoms with Crippen molar-refractivity contribution in [2.75, 3.05) is 7.11 Å². The van der Waals surface area contributed by atoms with Gasteiger partial charge >= 0.3 is 0 Å². The molecule has 3 rings (SSSR count). The first kappa shape index (κ1) is 14.3. The Morgan fingerprint density at radius 2 is 2.09 bits per heavy atom. The van der Waals surface area contributed by atoms with Gasteiger partial charge in [0, 0.05) is 17.8 Å². The molecule has 0 radical (unpaired) electrons. The molecule has 0 amide bonds. The number of ether oxygens (including phenoxy) is 1. The van der Waals surface area contributed by atoms with E-state index in [1.165, 1.54) is 24.0 Å². The number of nitrogens with one attached hydrogen (secondary N) is 1. The number of methoxy groups -OCH3 is 1. The molecule has 7 nitrogen and oxygen atoms in total. The molecule has 1 N–H and O–H groups in total. The molecule has 0 saturated carbocycles. The summed E-state index contributed by atoms with van der Waals surface area (Å²) in [6.45, 7) is 0. The van der Waals surface area contributed by atoms with Crippen LogP contribution in [-0.4, -0.2) is 27.2 Å². The molecule has 0 spiro atoms. The third kappa shape index (κ3) is 3.34. The number of hydrogen-bond acceptors (Lipinski definition) is 7. The minimum atomic E-state index is -0.193. The molecule has 0 saturated heterocycles. The van der Waals surface area contributed by atoms with Crippen LogP contribution in [0.1, 0.15) is 5.89 Å². The van der Waals surface area contributed by atoms with Crippen LogP contribution in [0.25, 0.3) is 11.4 Å².